The molecule has 0 aromatic heterocycles. The molecular formula is C23H19BrN4O6. The number of nitriles is 1. The van der Waals surface area contributed by atoms with Crippen molar-refractivity contribution in [1.82, 2.24) is 0 Å². The maximum Gasteiger partial charge on any atom is 0.355 e. The molecule has 10 nitrogen and oxygen atoms in total. The molecule has 0 radical (unpaired) electrons. The minimum atomic E-state index is -1.03. The van der Waals surface area contributed by atoms with Gasteiger partial charge in [-0.1, -0.05) is 30.3 Å². The van der Waals surface area contributed by atoms with Gasteiger partial charge in [-0.25, -0.2) is 9.59 Å². The number of rotatable bonds is 5. The van der Waals surface area contributed by atoms with E-state index < -0.39 is 22.8 Å². The molecule has 0 spiro atoms. The minimum absolute atomic E-state index is 0.0378. The van der Waals surface area contributed by atoms with Crippen LogP contribution in [0.15, 0.2) is 69.6 Å². The molecule has 0 bridgehead atoms. The second-order valence-electron chi connectivity index (χ2n) is 7.13. The van der Waals surface area contributed by atoms with Gasteiger partial charge in [-0.3, -0.25) is 15.0 Å². The van der Waals surface area contributed by atoms with E-state index in [9.17, 15) is 25.0 Å². The summed E-state index contributed by atoms with van der Waals surface area (Å²) in [5.41, 5.74) is 6.40. The van der Waals surface area contributed by atoms with Gasteiger partial charge in [0.2, 0.25) is 0 Å². The Labute approximate surface area is 203 Å². The highest BCUT2D eigenvalue weighted by molar-refractivity contribution is 9.10. The number of nitro groups is 1. The van der Waals surface area contributed by atoms with Gasteiger partial charge < -0.3 is 15.2 Å². The molecule has 0 fully saturated rings. The van der Waals surface area contributed by atoms with Gasteiger partial charge in [0.05, 0.1) is 58.0 Å². The summed E-state index contributed by atoms with van der Waals surface area (Å²) in [4.78, 5) is 38.3. The molecule has 0 amide bonds. The molecule has 2 aromatic rings. The van der Waals surface area contributed by atoms with Crippen LogP contribution in [0, 0.1) is 28.4 Å². The van der Waals surface area contributed by atoms with E-state index in [1.165, 1.54) is 19.1 Å². The van der Waals surface area contributed by atoms with Crippen molar-refractivity contribution in [1.29, 1.82) is 5.26 Å². The Kier molecular flexibility index (Phi) is 7.03. The average Bonchev–Trinajstić information content (AvgIpc) is 2.83. The highest BCUT2D eigenvalue weighted by atomic mass is 79.9. The SMILES string of the molecule is COC(=O)C1=C(C(=O)OC)N(c2ccc(Br)c([N+](=O)[O-])c2C)C(N)=C(C#N)C1c1ccccc1. The van der Waals surface area contributed by atoms with Gasteiger partial charge in [0.25, 0.3) is 5.69 Å². The molecule has 34 heavy (non-hydrogen) atoms. The number of methoxy groups -OCH3 is 2. The van der Waals surface area contributed by atoms with Crippen molar-refractivity contribution in [2.75, 3.05) is 19.1 Å². The molecule has 1 heterocycles. The zero-order valence-corrected chi connectivity index (χ0v) is 20.0. The molecule has 0 aliphatic carbocycles. The lowest BCUT2D eigenvalue weighted by Crippen LogP contribution is -2.41. The topological polar surface area (TPSA) is 149 Å². The van der Waals surface area contributed by atoms with Crippen molar-refractivity contribution >= 4 is 39.2 Å². The van der Waals surface area contributed by atoms with Crippen LogP contribution in [0.4, 0.5) is 11.4 Å². The molecule has 0 saturated heterocycles. The number of hydrogen-bond donors (Lipinski definition) is 1. The van der Waals surface area contributed by atoms with E-state index in [1.54, 1.807) is 30.3 Å². The molecular weight excluding hydrogens is 508 g/mol. The predicted molar refractivity (Wildman–Crippen MR) is 125 cm³/mol. The first-order valence-electron chi connectivity index (χ1n) is 9.78. The highest BCUT2D eigenvalue weighted by Crippen LogP contribution is 2.45. The number of nitro benzene ring substituents is 1. The number of carbonyl (C=O) groups excluding carboxylic acids is 2. The van der Waals surface area contributed by atoms with Gasteiger partial charge in [-0.15, -0.1) is 0 Å². The summed E-state index contributed by atoms with van der Waals surface area (Å²) in [7, 11) is 2.26. The normalized spacial score (nSPS) is 15.6. The second kappa shape index (κ2) is 9.76. The Morgan fingerprint density at radius 1 is 1.15 bits per heavy atom. The molecule has 2 aromatic carbocycles. The van der Waals surface area contributed by atoms with Crippen LogP contribution in [0.1, 0.15) is 17.0 Å². The fourth-order valence-electron chi connectivity index (χ4n) is 3.89. The number of nitrogens with zero attached hydrogens (tertiary/aromatic N) is 3. The number of benzene rings is 2. The maximum atomic E-state index is 13.1. The summed E-state index contributed by atoms with van der Waals surface area (Å²) in [5, 5.41) is 21.7. The van der Waals surface area contributed by atoms with E-state index in [0.29, 0.717) is 5.56 Å². The van der Waals surface area contributed by atoms with E-state index in [1.807, 2.05) is 6.07 Å². The molecule has 2 N–H and O–H groups in total. The Balaban J connectivity index is 2.48. The van der Waals surface area contributed by atoms with Gasteiger partial charge in [0, 0.05) is 0 Å². The first kappa shape index (κ1) is 24.5. The van der Waals surface area contributed by atoms with E-state index in [4.69, 9.17) is 15.2 Å². The van der Waals surface area contributed by atoms with Crippen LogP contribution in [0.5, 0.6) is 0 Å². The van der Waals surface area contributed by atoms with Gasteiger partial charge in [0.1, 0.15) is 11.5 Å². The minimum Gasteiger partial charge on any atom is -0.466 e. The van der Waals surface area contributed by atoms with E-state index in [-0.39, 0.29) is 44.1 Å². The quantitative estimate of drug-likeness (QED) is 0.350. The summed E-state index contributed by atoms with van der Waals surface area (Å²) >= 11 is 3.16. The van der Waals surface area contributed by atoms with Crippen LogP contribution >= 0.6 is 15.9 Å². The largest absolute Gasteiger partial charge is 0.466 e. The lowest BCUT2D eigenvalue weighted by Gasteiger charge is -2.36. The number of carbonyl (C=O) groups is 2. The van der Waals surface area contributed by atoms with Crippen LogP contribution in [0.3, 0.4) is 0 Å². The van der Waals surface area contributed by atoms with Crippen molar-refractivity contribution in [2.45, 2.75) is 12.8 Å². The van der Waals surface area contributed by atoms with Crippen LogP contribution in [0.25, 0.3) is 0 Å². The maximum absolute atomic E-state index is 13.1. The highest BCUT2D eigenvalue weighted by Gasteiger charge is 2.43. The van der Waals surface area contributed by atoms with Crippen LogP contribution in [-0.2, 0) is 19.1 Å². The number of allylic oxidation sites excluding steroid dienone is 1. The molecule has 174 valence electrons. The molecule has 1 aliphatic heterocycles. The first-order chi connectivity index (χ1) is 16.2. The monoisotopic (exact) mass is 526 g/mol. The average molecular weight is 527 g/mol. The summed E-state index contributed by atoms with van der Waals surface area (Å²) in [6.07, 6.45) is 0. The molecule has 11 heteroatoms. The Morgan fingerprint density at radius 3 is 2.29 bits per heavy atom. The Morgan fingerprint density at radius 2 is 1.76 bits per heavy atom. The van der Waals surface area contributed by atoms with Crippen molar-refractivity contribution in [3.63, 3.8) is 0 Å². The number of esters is 2. The molecule has 1 atom stereocenters. The number of nitrogens with two attached hydrogens (primary N) is 1. The third-order valence-corrected chi connectivity index (χ3v) is 6.03. The molecule has 0 saturated carbocycles. The predicted octanol–water partition coefficient (Wildman–Crippen LogP) is 3.56. The third-order valence-electron chi connectivity index (χ3n) is 5.39. The van der Waals surface area contributed by atoms with Crippen molar-refractivity contribution in [3.8, 4) is 6.07 Å². The smallest absolute Gasteiger partial charge is 0.355 e. The summed E-state index contributed by atoms with van der Waals surface area (Å²) in [5.74, 6) is -3.03. The Bertz CT molecular complexity index is 1300. The van der Waals surface area contributed by atoms with Gasteiger partial charge in [-0.05, 0) is 40.5 Å². The summed E-state index contributed by atoms with van der Waals surface area (Å²) in [6, 6.07) is 13.5. The van der Waals surface area contributed by atoms with Crippen molar-refractivity contribution < 1.29 is 24.0 Å². The number of halogens is 1. The summed E-state index contributed by atoms with van der Waals surface area (Å²) < 4.78 is 10.1. The van der Waals surface area contributed by atoms with Gasteiger partial charge in [-0.2, -0.15) is 5.26 Å². The molecule has 3 rings (SSSR count). The summed E-state index contributed by atoms with van der Waals surface area (Å²) in [6.45, 7) is 1.47. The number of anilines is 1. The zero-order chi connectivity index (χ0) is 25.2. The van der Waals surface area contributed by atoms with Gasteiger partial charge in [0.15, 0.2) is 0 Å². The number of ether oxygens (including phenoxy) is 2. The fourth-order valence-corrected chi connectivity index (χ4v) is 4.46. The Hall–Kier alpha value is -4.17. The molecule has 1 aliphatic rings. The van der Waals surface area contributed by atoms with Crippen molar-refractivity contribution in [2.24, 2.45) is 5.73 Å². The second-order valence-corrected chi connectivity index (χ2v) is 7.99. The number of hydrogen-bond acceptors (Lipinski definition) is 9. The van der Waals surface area contributed by atoms with Crippen LogP contribution in [0.2, 0.25) is 0 Å². The van der Waals surface area contributed by atoms with Crippen LogP contribution in [-0.4, -0.2) is 31.1 Å². The van der Waals surface area contributed by atoms with E-state index in [2.05, 4.69) is 15.9 Å². The lowest BCUT2D eigenvalue weighted by atomic mass is 9.80. The van der Waals surface area contributed by atoms with E-state index in [0.717, 1.165) is 19.1 Å². The fraction of sp³-hybridized carbons (Fsp3) is 0.174. The molecule has 1 unspecified atom stereocenters. The lowest BCUT2D eigenvalue weighted by molar-refractivity contribution is -0.386. The first-order valence-corrected chi connectivity index (χ1v) is 10.6. The third kappa shape index (κ3) is 3.99. The van der Waals surface area contributed by atoms with E-state index >= 15 is 0 Å². The standard InChI is InChI=1S/C23H19BrN4O6/c1-12-16(10-9-15(24)19(12)28(31)32)27-20(23(30)34-3)18(22(29)33-2)17(14(11-25)21(27)26)13-7-5-4-6-8-13/h4-10,17H,26H2,1-3H3. The van der Waals surface area contributed by atoms with Crippen molar-refractivity contribution in [3.05, 3.63) is 90.8 Å². The van der Waals surface area contributed by atoms with Gasteiger partial charge >= 0.3 is 11.9 Å². The zero-order valence-electron chi connectivity index (χ0n) is 18.4. The van der Waals surface area contributed by atoms with Crippen LogP contribution < -0.4 is 10.6 Å².